The van der Waals surface area contributed by atoms with Crippen molar-refractivity contribution in [3.8, 4) is 0 Å². The Morgan fingerprint density at radius 1 is 1.25 bits per heavy atom. The molecule has 6 heteroatoms. The molecule has 0 bridgehead atoms. The molecule has 0 atom stereocenters. The highest BCUT2D eigenvalue weighted by atomic mass is 19.1. The lowest BCUT2D eigenvalue weighted by Crippen LogP contribution is -2.42. The maximum Gasteiger partial charge on any atom is 0.254 e. The first-order valence-electron chi connectivity index (χ1n) is 6.69. The summed E-state index contributed by atoms with van der Waals surface area (Å²) in [4.78, 5) is 25.4. The fraction of sp³-hybridized carbons (Fsp3) is 0.429. The van der Waals surface area contributed by atoms with Gasteiger partial charge in [0.15, 0.2) is 0 Å². The molecule has 2 amide bonds. The number of hydrogen-bond donors (Lipinski definition) is 2. The SMILES string of the molecule is Nc1ccc(F)c(C(=O)NCC(=O)N2CCCCC2)c1. The molecule has 0 unspecified atom stereocenters. The first kappa shape index (κ1) is 14.3. The van der Waals surface area contributed by atoms with Gasteiger partial charge in [-0.3, -0.25) is 9.59 Å². The summed E-state index contributed by atoms with van der Waals surface area (Å²) in [6.45, 7) is 1.33. The number of nitrogen functional groups attached to an aromatic ring is 1. The van der Waals surface area contributed by atoms with Crippen LogP contribution in [0, 0.1) is 5.82 Å². The molecule has 0 aliphatic carbocycles. The number of nitrogens with two attached hydrogens (primary N) is 1. The van der Waals surface area contributed by atoms with E-state index >= 15 is 0 Å². The number of carbonyl (C=O) groups excluding carboxylic acids is 2. The van der Waals surface area contributed by atoms with Crippen LogP contribution in [0.2, 0.25) is 0 Å². The number of benzene rings is 1. The van der Waals surface area contributed by atoms with Crippen molar-refractivity contribution in [3.63, 3.8) is 0 Å². The average molecular weight is 279 g/mol. The third-order valence-corrected chi connectivity index (χ3v) is 3.34. The quantitative estimate of drug-likeness (QED) is 0.815. The van der Waals surface area contributed by atoms with E-state index in [9.17, 15) is 14.0 Å². The van der Waals surface area contributed by atoms with Gasteiger partial charge in [0.25, 0.3) is 5.91 Å². The minimum absolute atomic E-state index is 0.118. The number of rotatable bonds is 3. The number of nitrogens with one attached hydrogen (secondary N) is 1. The molecule has 0 aromatic heterocycles. The van der Waals surface area contributed by atoms with Crippen molar-refractivity contribution in [1.82, 2.24) is 10.2 Å². The van der Waals surface area contributed by atoms with Crippen LogP contribution in [0.15, 0.2) is 18.2 Å². The molecule has 3 N–H and O–H groups in total. The Bertz CT molecular complexity index is 513. The van der Waals surface area contributed by atoms with Gasteiger partial charge in [-0.15, -0.1) is 0 Å². The van der Waals surface area contributed by atoms with Gasteiger partial charge in [-0.25, -0.2) is 4.39 Å². The molecule has 1 fully saturated rings. The third kappa shape index (κ3) is 3.46. The first-order valence-corrected chi connectivity index (χ1v) is 6.69. The minimum Gasteiger partial charge on any atom is -0.399 e. The van der Waals surface area contributed by atoms with E-state index in [0.717, 1.165) is 38.4 Å². The molecule has 0 spiro atoms. The highest BCUT2D eigenvalue weighted by molar-refractivity contribution is 5.97. The fourth-order valence-electron chi connectivity index (χ4n) is 2.22. The van der Waals surface area contributed by atoms with Gasteiger partial charge in [-0.2, -0.15) is 0 Å². The summed E-state index contributed by atoms with van der Waals surface area (Å²) in [6, 6.07) is 3.78. The van der Waals surface area contributed by atoms with Crippen molar-refractivity contribution >= 4 is 17.5 Å². The van der Waals surface area contributed by atoms with Gasteiger partial charge in [0, 0.05) is 18.8 Å². The number of likely N-dealkylation sites (tertiary alicyclic amines) is 1. The van der Waals surface area contributed by atoms with Crippen LogP contribution < -0.4 is 11.1 Å². The average Bonchev–Trinajstić information content (AvgIpc) is 2.47. The lowest BCUT2D eigenvalue weighted by atomic mass is 10.1. The number of halogens is 1. The van der Waals surface area contributed by atoms with E-state index in [4.69, 9.17) is 5.73 Å². The summed E-state index contributed by atoms with van der Waals surface area (Å²) in [5, 5.41) is 2.44. The molecule has 0 saturated carbocycles. The summed E-state index contributed by atoms with van der Waals surface area (Å²) in [5.41, 5.74) is 5.68. The minimum atomic E-state index is -0.651. The smallest absolute Gasteiger partial charge is 0.254 e. The van der Waals surface area contributed by atoms with Crippen LogP contribution in [-0.4, -0.2) is 36.3 Å². The topological polar surface area (TPSA) is 75.4 Å². The van der Waals surface area contributed by atoms with Crippen LogP contribution in [0.3, 0.4) is 0 Å². The van der Waals surface area contributed by atoms with Crippen LogP contribution in [0.4, 0.5) is 10.1 Å². The van der Waals surface area contributed by atoms with E-state index in [2.05, 4.69) is 5.32 Å². The summed E-state index contributed by atoms with van der Waals surface area (Å²) >= 11 is 0. The zero-order valence-electron chi connectivity index (χ0n) is 11.2. The van der Waals surface area contributed by atoms with Gasteiger partial charge < -0.3 is 16.0 Å². The normalized spacial score (nSPS) is 14.9. The summed E-state index contributed by atoms with van der Waals surface area (Å²) in [5.74, 6) is -1.41. The van der Waals surface area contributed by atoms with Crippen molar-refractivity contribution in [2.24, 2.45) is 0 Å². The molecule has 2 rings (SSSR count). The molecule has 1 aliphatic rings. The third-order valence-electron chi connectivity index (χ3n) is 3.34. The highest BCUT2D eigenvalue weighted by Crippen LogP contribution is 2.12. The fourth-order valence-corrected chi connectivity index (χ4v) is 2.22. The number of carbonyl (C=O) groups is 2. The predicted octanol–water partition coefficient (Wildman–Crippen LogP) is 1.15. The van der Waals surface area contributed by atoms with E-state index in [1.54, 1.807) is 4.90 Å². The molecule has 1 aromatic carbocycles. The second kappa shape index (κ2) is 6.36. The zero-order valence-corrected chi connectivity index (χ0v) is 11.2. The summed E-state index contributed by atoms with van der Waals surface area (Å²) in [6.07, 6.45) is 3.11. The first-order chi connectivity index (χ1) is 9.58. The molecule has 1 heterocycles. The predicted molar refractivity (Wildman–Crippen MR) is 73.6 cm³/mol. The molecule has 1 aromatic rings. The maximum absolute atomic E-state index is 13.5. The van der Waals surface area contributed by atoms with Gasteiger partial charge in [0.05, 0.1) is 12.1 Å². The monoisotopic (exact) mass is 279 g/mol. The number of anilines is 1. The van der Waals surface area contributed by atoms with Crippen molar-refractivity contribution < 1.29 is 14.0 Å². The second-order valence-electron chi connectivity index (χ2n) is 4.86. The van der Waals surface area contributed by atoms with Gasteiger partial charge in [-0.05, 0) is 37.5 Å². The van der Waals surface area contributed by atoms with Crippen molar-refractivity contribution in [3.05, 3.63) is 29.6 Å². The van der Waals surface area contributed by atoms with Gasteiger partial charge in [0.1, 0.15) is 5.82 Å². The van der Waals surface area contributed by atoms with E-state index in [0.29, 0.717) is 5.69 Å². The van der Waals surface area contributed by atoms with Gasteiger partial charge >= 0.3 is 0 Å². The molecule has 0 radical (unpaired) electrons. The molecule has 1 aliphatic heterocycles. The summed E-state index contributed by atoms with van der Waals surface area (Å²) < 4.78 is 13.5. The van der Waals surface area contributed by atoms with E-state index in [1.165, 1.54) is 12.1 Å². The molecule has 1 saturated heterocycles. The molecule has 108 valence electrons. The van der Waals surface area contributed by atoms with Crippen molar-refractivity contribution in [1.29, 1.82) is 0 Å². The number of amides is 2. The molecule has 5 nitrogen and oxygen atoms in total. The van der Waals surface area contributed by atoms with Crippen LogP contribution in [0.5, 0.6) is 0 Å². The number of nitrogens with zero attached hydrogens (tertiary/aromatic N) is 1. The maximum atomic E-state index is 13.5. The zero-order chi connectivity index (χ0) is 14.5. The highest BCUT2D eigenvalue weighted by Gasteiger charge is 2.18. The van der Waals surface area contributed by atoms with Crippen molar-refractivity contribution in [2.75, 3.05) is 25.4 Å². The van der Waals surface area contributed by atoms with E-state index in [-0.39, 0.29) is 18.0 Å². The molecule has 20 heavy (non-hydrogen) atoms. The Hall–Kier alpha value is -2.11. The van der Waals surface area contributed by atoms with Crippen LogP contribution in [0.1, 0.15) is 29.6 Å². The largest absolute Gasteiger partial charge is 0.399 e. The summed E-state index contributed by atoms with van der Waals surface area (Å²) in [7, 11) is 0. The lowest BCUT2D eigenvalue weighted by molar-refractivity contribution is -0.130. The number of hydrogen-bond acceptors (Lipinski definition) is 3. The molecular formula is C14H18FN3O2. The Labute approximate surface area is 116 Å². The van der Waals surface area contributed by atoms with Crippen LogP contribution >= 0.6 is 0 Å². The van der Waals surface area contributed by atoms with Crippen LogP contribution in [0.25, 0.3) is 0 Å². The second-order valence-corrected chi connectivity index (χ2v) is 4.86. The Kier molecular flexibility index (Phi) is 4.55. The van der Waals surface area contributed by atoms with E-state index < -0.39 is 11.7 Å². The van der Waals surface area contributed by atoms with Gasteiger partial charge in [-0.1, -0.05) is 0 Å². The van der Waals surface area contributed by atoms with Crippen LogP contribution in [-0.2, 0) is 4.79 Å². The molecular weight excluding hydrogens is 261 g/mol. The van der Waals surface area contributed by atoms with Crippen molar-refractivity contribution in [2.45, 2.75) is 19.3 Å². The Balaban J connectivity index is 1.91. The van der Waals surface area contributed by atoms with E-state index in [1.807, 2.05) is 0 Å². The number of piperidine rings is 1. The lowest BCUT2D eigenvalue weighted by Gasteiger charge is -2.26. The van der Waals surface area contributed by atoms with Gasteiger partial charge in [0.2, 0.25) is 5.91 Å². The standard InChI is InChI=1S/C14H18FN3O2/c15-12-5-4-10(16)8-11(12)14(20)17-9-13(19)18-6-2-1-3-7-18/h4-5,8H,1-3,6-7,9,16H2,(H,17,20). The Morgan fingerprint density at radius 2 is 1.95 bits per heavy atom. The Morgan fingerprint density at radius 3 is 2.65 bits per heavy atom.